The molecule has 1 heterocycles. The van der Waals surface area contributed by atoms with Gasteiger partial charge in [-0.1, -0.05) is 23.4 Å². The normalized spacial score (nSPS) is 11.4. The molecule has 2 aromatic carbocycles. The van der Waals surface area contributed by atoms with Gasteiger partial charge < -0.3 is 9.26 Å². The molecule has 3 rings (SSSR count). The van der Waals surface area contributed by atoms with Crippen LogP contribution in [0.15, 0.2) is 47.0 Å². The number of nitrogens with zero attached hydrogens (tertiary/aromatic N) is 3. The maximum Gasteiger partial charge on any atom is 0.416 e. The van der Waals surface area contributed by atoms with E-state index in [9.17, 15) is 23.3 Å². The molecule has 0 saturated heterocycles. The molecule has 140 valence electrons. The average molecular weight is 379 g/mol. The highest BCUT2D eigenvalue weighted by Gasteiger charge is 2.30. The van der Waals surface area contributed by atoms with Crippen LogP contribution in [0.5, 0.6) is 5.75 Å². The molecule has 0 radical (unpaired) electrons. The fourth-order valence-corrected chi connectivity index (χ4v) is 2.29. The number of benzene rings is 2. The van der Waals surface area contributed by atoms with E-state index in [1.54, 1.807) is 13.0 Å². The molecular weight excluding hydrogens is 367 g/mol. The third-order valence-corrected chi connectivity index (χ3v) is 3.58. The molecule has 1 aromatic heterocycles. The Hall–Kier alpha value is -3.43. The minimum Gasteiger partial charge on any atom is -0.477 e. The second-order valence-electron chi connectivity index (χ2n) is 5.61. The highest BCUT2D eigenvalue weighted by molar-refractivity contribution is 5.55. The molecule has 7 nitrogen and oxygen atoms in total. The van der Waals surface area contributed by atoms with Gasteiger partial charge in [-0.15, -0.1) is 0 Å². The van der Waals surface area contributed by atoms with Gasteiger partial charge in [-0.05, 0) is 30.7 Å². The van der Waals surface area contributed by atoms with Crippen molar-refractivity contribution in [2.75, 3.05) is 0 Å². The zero-order valence-electron chi connectivity index (χ0n) is 13.9. The Kier molecular flexibility index (Phi) is 4.80. The van der Waals surface area contributed by atoms with Crippen LogP contribution in [0.3, 0.4) is 0 Å². The molecule has 0 fully saturated rings. The van der Waals surface area contributed by atoms with Gasteiger partial charge in [0.05, 0.1) is 10.5 Å². The summed E-state index contributed by atoms with van der Waals surface area (Å²) < 4.78 is 48.7. The summed E-state index contributed by atoms with van der Waals surface area (Å²) in [5, 5.41) is 14.7. The minimum absolute atomic E-state index is 0.0267. The molecule has 0 unspecified atom stereocenters. The average Bonchev–Trinajstić information content (AvgIpc) is 3.08. The van der Waals surface area contributed by atoms with Crippen molar-refractivity contribution < 1.29 is 27.4 Å². The SMILES string of the molecule is Cc1ccc([N+](=O)[O-])c(OCc2nc(-c3cccc(C(F)(F)F)c3)no2)c1. The van der Waals surface area contributed by atoms with Crippen LogP contribution >= 0.6 is 0 Å². The number of nitro benzene ring substituents is 1. The summed E-state index contributed by atoms with van der Waals surface area (Å²) in [4.78, 5) is 14.4. The van der Waals surface area contributed by atoms with Gasteiger partial charge in [0.25, 0.3) is 5.89 Å². The fourth-order valence-electron chi connectivity index (χ4n) is 2.29. The molecule has 0 aliphatic heterocycles. The van der Waals surface area contributed by atoms with Crippen molar-refractivity contribution in [2.45, 2.75) is 19.7 Å². The molecule has 0 N–H and O–H groups in total. The van der Waals surface area contributed by atoms with Crippen LogP contribution in [0.25, 0.3) is 11.4 Å². The van der Waals surface area contributed by atoms with E-state index in [4.69, 9.17) is 9.26 Å². The number of aromatic nitrogens is 2. The van der Waals surface area contributed by atoms with E-state index in [1.807, 2.05) is 0 Å². The first kappa shape index (κ1) is 18.4. The van der Waals surface area contributed by atoms with Crippen molar-refractivity contribution in [3.05, 3.63) is 69.6 Å². The Morgan fingerprint density at radius 3 is 2.70 bits per heavy atom. The second kappa shape index (κ2) is 7.06. The van der Waals surface area contributed by atoms with Crippen LogP contribution < -0.4 is 4.74 Å². The van der Waals surface area contributed by atoms with E-state index in [1.165, 1.54) is 24.3 Å². The summed E-state index contributed by atoms with van der Waals surface area (Å²) >= 11 is 0. The Labute approximate surface area is 150 Å². The van der Waals surface area contributed by atoms with E-state index in [0.29, 0.717) is 0 Å². The zero-order valence-corrected chi connectivity index (χ0v) is 13.9. The van der Waals surface area contributed by atoms with E-state index < -0.39 is 16.7 Å². The van der Waals surface area contributed by atoms with Crippen LogP contribution in [0.2, 0.25) is 0 Å². The van der Waals surface area contributed by atoms with Gasteiger partial charge in [0.1, 0.15) is 0 Å². The van der Waals surface area contributed by atoms with Crippen molar-refractivity contribution in [3.63, 3.8) is 0 Å². The maximum absolute atomic E-state index is 12.8. The number of hydrogen-bond donors (Lipinski definition) is 0. The summed E-state index contributed by atoms with van der Waals surface area (Å²) in [6.45, 7) is 1.48. The number of halogens is 3. The number of alkyl halides is 3. The van der Waals surface area contributed by atoms with Crippen LogP contribution in [0.1, 0.15) is 17.0 Å². The smallest absolute Gasteiger partial charge is 0.416 e. The number of hydrogen-bond acceptors (Lipinski definition) is 6. The quantitative estimate of drug-likeness (QED) is 0.477. The number of nitro groups is 1. The summed E-state index contributed by atoms with van der Waals surface area (Å²) in [5.74, 6) is -0.0459. The Morgan fingerprint density at radius 2 is 2.00 bits per heavy atom. The van der Waals surface area contributed by atoms with Gasteiger partial charge in [0, 0.05) is 11.6 Å². The van der Waals surface area contributed by atoms with Crippen molar-refractivity contribution >= 4 is 5.69 Å². The zero-order chi connectivity index (χ0) is 19.6. The number of rotatable bonds is 5. The summed E-state index contributed by atoms with van der Waals surface area (Å²) in [6.07, 6.45) is -4.49. The molecular formula is C17H12F3N3O4. The number of ether oxygens (including phenoxy) is 1. The fraction of sp³-hybridized carbons (Fsp3) is 0.176. The Balaban J connectivity index is 1.78. The first-order chi connectivity index (χ1) is 12.7. The molecule has 10 heteroatoms. The van der Waals surface area contributed by atoms with Crippen molar-refractivity contribution in [2.24, 2.45) is 0 Å². The molecule has 0 spiro atoms. The maximum atomic E-state index is 12.8. The van der Waals surface area contributed by atoms with E-state index in [2.05, 4.69) is 10.1 Å². The summed E-state index contributed by atoms with van der Waals surface area (Å²) in [7, 11) is 0. The Bertz CT molecular complexity index is 986. The largest absolute Gasteiger partial charge is 0.477 e. The van der Waals surface area contributed by atoms with E-state index in [0.717, 1.165) is 17.7 Å². The van der Waals surface area contributed by atoms with Gasteiger partial charge >= 0.3 is 11.9 Å². The highest BCUT2D eigenvalue weighted by Crippen LogP contribution is 2.32. The van der Waals surface area contributed by atoms with Gasteiger partial charge in [-0.25, -0.2) is 0 Å². The van der Waals surface area contributed by atoms with Crippen molar-refractivity contribution in [3.8, 4) is 17.1 Å². The summed E-state index contributed by atoms with van der Waals surface area (Å²) in [6, 6.07) is 8.86. The number of aryl methyl sites for hydroxylation is 1. The van der Waals surface area contributed by atoms with Crippen LogP contribution in [0, 0.1) is 17.0 Å². The molecule has 0 aliphatic carbocycles. The summed E-state index contributed by atoms with van der Waals surface area (Å²) in [5.41, 5.74) is -0.177. The Morgan fingerprint density at radius 1 is 1.22 bits per heavy atom. The third kappa shape index (κ3) is 4.22. The monoisotopic (exact) mass is 379 g/mol. The van der Waals surface area contributed by atoms with Crippen molar-refractivity contribution in [1.29, 1.82) is 0 Å². The first-order valence-corrected chi connectivity index (χ1v) is 7.62. The highest BCUT2D eigenvalue weighted by atomic mass is 19.4. The van der Waals surface area contributed by atoms with Crippen LogP contribution in [-0.2, 0) is 12.8 Å². The molecule has 0 atom stereocenters. The van der Waals surface area contributed by atoms with Gasteiger partial charge in [0.2, 0.25) is 5.82 Å². The lowest BCUT2D eigenvalue weighted by atomic mass is 10.1. The topological polar surface area (TPSA) is 91.3 Å². The minimum atomic E-state index is -4.49. The van der Waals surface area contributed by atoms with Gasteiger partial charge in [-0.3, -0.25) is 10.1 Å². The predicted molar refractivity (Wildman–Crippen MR) is 86.9 cm³/mol. The van der Waals surface area contributed by atoms with E-state index >= 15 is 0 Å². The lowest BCUT2D eigenvalue weighted by molar-refractivity contribution is -0.386. The van der Waals surface area contributed by atoms with Gasteiger partial charge in [0.15, 0.2) is 12.4 Å². The predicted octanol–water partition coefficient (Wildman–Crippen LogP) is 4.55. The van der Waals surface area contributed by atoms with Gasteiger partial charge in [-0.2, -0.15) is 18.2 Å². The lowest BCUT2D eigenvalue weighted by Crippen LogP contribution is -2.04. The standard InChI is InChI=1S/C17H12F3N3O4/c1-10-5-6-13(23(24)25)14(7-10)26-9-15-21-16(22-27-15)11-3-2-4-12(8-11)17(18,19)20/h2-8H,9H2,1H3. The molecule has 0 amide bonds. The second-order valence-corrected chi connectivity index (χ2v) is 5.61. The molecule has 0 bridgehead atoms. The molecule has 3 aromatic rings. The van der Waals surface area contributed by atoms with Crippen molar-refractivity contribution in [1.82, 2.24) is 10.1 Å². The third-order valence-electron chi connectivity index (χ3n) is 3.58. The molecule has 0 aliphatic rings. The first-order valence-electron chi connectivity index (χ1n) is 7.62. The van der Waals surface area contributed by atoms with E-state index in [-0.39, 0.29) is 35.3 Å². The van der Waals surface area contributed by atoms with Crippen LogP contribution in [-0.4, -0.2) is 15.1 Å². The molecule has 27 heavy (non-hydrogen) atoms. The lowest BCUT2D eigenvalue weighted by Gasteiger charge is -2.06. The molecule has 0 saturated carbocycles. The van der Waals surface area contributed by atoms with Crippen LogP contribution in [0.4, 0.5) is 18.9 Å².